The summed E-state index contributed by atoms with van der Waals surface area (Å²) in [5.74, 6) is -1.36. The quantitative estimate of drug-likeness (QED) is 0.343. The monoisotopic (exact) mass is 603 g/mol. The van der Waals surface area contributed by atoms with Gasteiger partial charge in [0.15, 0.2) is 11.5 Å². The molecule has 0 amide bonds. The Kier molecular flexibility index (Phi) is 7.21. The largest absolute Gasteiger partial charge is 0.493 e. The normalized spacial score (nSPS) is 23.7. The summed E-state index contributed by atoms with van der Waals surface area (Å²) in [4.78, 5) is 32.1. The van der Waals surface area contributed by atoms with E-state index in [1.807, 2.05) is 27.7 Å². The minimum atomic E-state index is -4.26. The van der Waals surface area contributed by atoms with Crippen LogP contribution in [0.2, 0.25) is 10.0 Å². The van der Waals surface area contributed by atoms with E-state index in [0.717, 1.165) is 5.71 Å². The van der Waals surface area contributed by atoms with Crippen LogP contribution in [-0.4, -0.2) is 32.8 Å². The number of aliphatic imine (C=N–C) groups is 1. The molecule has 2 aliphatic carbocycles. The molecule has 0 N–H and O–H groups in total. The minimum absolute atomic E-state index is 0.0184. The zero-order chi connectivity index (χ0) is 29.2. The molecule has 1 unspecified atom stereocenters. The highest BCUT2D eigenvalue weighted by molar-refractivity contribution is 7.87. The van der Waals surface area contributed by atoms with Gasteiger partial charge in [0.2, 0.25) is 5.75 Å². The maximum Gasteiger partial charge on any atom is 0.339 e. The summed E-state index contributed by atoms with van der Waals surface area (Å²) in [6.07, 6.45) is 1.95. The smallest absolute Gasteiger partial charge is 0.339 e. The number of carbonyl (C=O) groups excluding carboxylic acids is 2. The van der Waals surface area contributed by atoms with Gasteiger partial charge in [0.25, 0.3) is 0 Å². The van der Waals surface area contributed by atoms with E-state index in [-0.39, 0.29) is 43.8 Å². The second kappa shape index (κ2) is 10.00. The van der Waals surface area contributed by atoms with Gasteiger partial charge in [-0.3, -0.25) is 14.6 Å². The molecule has 5 rings (SSSR count). The maximum atomic E-state index is 13.6. The van der Waals surface area contributed by atoms with Gasteiger partial charge < -0.3 is 8.92 Å². The Morgan fingerprint density at radius 1 is 0.900 bits per heavy atom. The van der Waals surface area contributed by atoms with Crippen molar-refractivity contribution < 1.29 is 26.9 Å². The van der Waals surface area contributed by atoms with Crippen molar-refractivity contribution in [2.75, 3.05) is 7.11 Å². The van der Waals surface area contributed by atoms with Crippen molar-refractivity contribution in [3.63, 3.8) is 0 Å². The van der Waals surface area contributed by atoms with E-state index in [4.69, 9.17) is 37.1 Å². The van der Waals surface area contributed by atoms with E-state index >= 15 is 0 Å². The van der Waals surface area contributed by atoms with Crippen molar-refractivity contribution in [1.82, 2.24) is 0 Å². The molecule has 2 aromatic carbocycles. The van der Waals surface area contributed by atoms with Crippen molar-refractivity contribution in [3.05, 3.63) is 63.3 Å². The molecule has 40 heavy (non-hydrogen) atoms. The first-order valence-corrected chi connectivity index (χ1v) is 15.2. The van der Waals surface area contributed by atoms with Crippen molar-refractivity contribution in [2.24, 2.45) is 21.7 Å². The lowest BCUT2D eigenvalue weighted by Gasteiger charge is -2.44. The third-order valence-corrected chi connectivity index (χ3v) is 9.51. The molecule has 1 heterocycles. The fourth-order valence-corrected chi connectivity index (χ4v) is 7.52. The molecule has 1 saturated carbocycles. The minimum Gasteiger partial charge on any atom is -0.493 e. The van der Waals surface area contributed by atoms with Crippen LogP contribution >= 0.6 is 23.2 Å². The summed E-state index contributed by atoms with van der Waals surface area (Å²) in [5, 5.41) is 0.356. The fraction of sp³-hybridized carbons (Fsp3) is 0.433. The van der Waals surface area contributed by atoms with Gasteiger partial charge in [0, 0.05) is 40.8 Å². The molecule has 0 aromatic heterocycles. The van der Waals surface area contributed by atoms with E-state index in [1.165, 1.54) is 31.4 Å². The van der Waals surface area contributed by atoms with Crippen LogP contribution in [0.25, 0.3) is 0 Å². The third-order valence-electron chi connectivity index (χ3n) is 7.74. The number of halogens is 2. The molecular formula is C30H31Cl2NO6S. The molecule has 10 heteroatoms. The van der Waals surface area contributed by atoms with Gasteiger partial charge in [-0.1, -0.05) is 50.9 Å². The van der Waals surface area contributed by atoms with Crippen LogP contribution in [0.4, 0.5) is 0 Å². The van der Waals surface area contributed by atoms with Crippen molar-refractivity contribution in [3.8, 4) is 11.5 Å². The van der Waals surface area contributed by atoms with Crippen LogP contribution in [0.15, 0.2) is 57.6 Å². The van der Waals surface area contributed by atoms with Crippen LogP contribution in [0.1, 0.15) is 64.9 Å². The van der Waals surface area contributed by atoms with Crippen LogP contribution in [0, 0.1) is 16.7 Å². The highest BCUT2D eigenvalue weighted by Gasteiger charge is 2.50. The number of nitrogens with zero attached hydrogens (tertiary/aromatic N) is 1. The van der Waals surface area contributed by atoms with Gasteiger partial charge in [-0.15, -0.1) is 0 Å². The number of hydrogen-bond donors (Lipinski definition) is 0. The molecule has 1 aliphatic heterocycles. The first-order chi connectivity index (χ1) is 18.6. The third kappa shape index (κ3) is 5.33. The molecule has 212 valence electrons. The average molecular weight is 605 g/mol. The van der Waals surface area contributed by atoms with Gasteiger partial charge in [0.05, 0.1) is 18.1 Å². The predicted octanol–water partition coefficient (Wildman–Crippen LogP) is 6.96. The van der Waals surface area contributed by atoms with Crippen LogP contribution in [0.3, 0.4) is 0 Å². The van der Waals surface area contributed by atoms with Crippen LogP contribution in [-0.2, 0) is 19.7 Å². The predicted molar refractivity (Wildman–Crippen MR) is 154 cm³/mol. The summed E-state index contributed by atoms with van der Waals surface area (Å²) in [6.45, 7) is 8.18. The van der Waals surface area contributed by atoms with Gasteiger partial charge in [-0.2, -0.15) is 8.42 Å². The number of fused-ring (bicyclic) bond motifs is 1. The number of Topliss-reactive ketones (excluding diaryl/α,β-unsaturated/α-hetero) is 2. The van der Waals surface area contributed by atoms with Gasteiger partial charge >= 0.3 is 10.1 Å². The summed E-state index contributed by atoms with van der Waals surface area (Å²) in [7, 11) is -2.89. The number of carbonyl (C=O) groups is 2. The number of ketones is 2. The van der Waals surface area contributed by atoms with E-state index in [9.17, 15) is 18.0 Å². The van der Waals surface area contributed by atoms with Crippen molar-refractivity contribution >= 4 is 50.6 Å². The Labute approximate surface area is 244 Å². The number of rotatable bonds is 5. The molecule has 0 bridgehead atoms. The average Bonchev–Trinajstić information content (AvgIpc) is 2.82. The fourth-order valence-electron chi connectivity index (χ4n) is 6.13. The van der Waals surface area contributed by atoms with Gasteiger partial charge in [0.1, 0.15) is 10.7 Å². The lowest BCUT2D eigenvalue weighted by Crippen LogP contribution is -2.45. The summed E-state index contributed by atoms with van der Waals surface area (Å²) >= 11 is 12.6. The number of allylic oxidation sites excluding steroid dienone is 2. The molecule has 0 spiro atoms. The van der Waals surface area contributed by atoms with Crippen molar-refractivity contribution in [2.45, 2.75) is 64.2 Å². The SMILES string of the molecule is COc1cc([C@H]2C3=C(CC(C)(C)CC3=O)N=C3CC(C)(C)CC(=O)C32)cc(Cl)c1OS(=O)(=O)c1ccc(Cl)cc1. The highest BCUT2D eigenvalue weighted by atomic mass is 35.5. The second-order valence-electron chi connectivity index (χ2n) is 12.4. The Hall–Kier alpha value is -2.68. The lowest BCUT2D eigenvalue weighted by molar-refractivity contribution is -0.124. The standard InChI is InChI=1S/C30H31Cl2NO6S/c1-29(2)12-20-26(22(34)14-29)25(27-21(33-20)13-30(3,4)15-23(27)35)16-10-19(32)28(24(11-16)38-5)39-40(36,37)18-8-6-17(31)7-9-18/h6-11,25-26H,12-15H2,1-5H3/t25-,26?/m1/s1. The molecule has 2 atom stereocenters. The number of benzene rings is 2. The number of methoxy groups -OCH3 is 1. The molecule has 1 fully saturated rings. The van der Waals surface area contributed by atoms with Gasteiger partial charge in [-0.05, 0) is 65.6 Å². The summed E-state index contributed by atoms with van der Waals surface area (Å²) in [6, 6.07) is 8.72. The van der Waals surface area contributed by atoms with E-state index < -0.39 is 22.0 Å². The molecule has 7 nitrogen and oxygen atoms in total. The zero-order valence-electron chi connectivity index (χ0n) is 23.0. The Balaban J connectivity index is 1.63. The highest BCUT2D eigenvalue weighted by Crippen LogP contribution is 2.53. The molecule has 0 radical (unpaired) electrons. The summed E-state index contributed by atoms with van der Waals surface area (Å²) < 4.78 is 37.0. The zero-order valence-corrected chi connectivity index (χ0v) is 25.3. The molecule has 0 saturated heterocycles. The Bertz CT molecular complexity index is 1590. The number of ether oxygens (including phenoxy) is 1. The van der Waals surface area contributed by atoms with Gasteiger partial charge in [-0.25, -0.2) is 0 Å². The van der Waals surface area contributed by atoms with Crippen LogP contribution < -0.4 is 8.92 Å². The Morgan fingerprint density at radius 3 is 2.20 bits per heavy atom. The van der Waals surface area contributed by atoms with E-state index in [2.05, 4.69) is 0 Å². The van der Waals surface area contributed by atoms with E-state index in [0.29, 0.717) is 47.5 Å². The molecule has 2 aromatic rings. The molecule has 3 aliphatic rings. The first-order valence-electron chi connectivity index (χ1n) is 13.0. The summed E-state index contributed by atoms with van der Waals surface area (Å²) in [5.41, 5.74) is 2.09. The van der Waals surface area contributed by atoms with Crippen LogP contribution in [0.5, 0.6) is 11.5 Å². The Morgan fingerprint density at radius 2 is 1.55 bits per heavy atom. The first kappa shape index (κ1) is 28.8. The topological polar surface area (TPSA) is 99.1 Å². The number of hydrogen-bond acceptors (Lipinski definition) is 7. The maximum absolute atomic E-state index is 13.6. The molecular weight excluding hydrogens is 573 g/mol. The lowest BCUT2D eigenvalue weighted by atomic mass is 9.60. The van der Waals surface area contributed by atoms with E-state index in [1.54, 1.807) is 12.1 Å². The second-order valence-corrected chi connectivity index (χ2v) is 14.8. The van der Waals surface area contributed by atoms with Crippen molar-refractivity contribution in [1.29, 1.82) is 0 Å².